The minimum absolute atomic E-state index is 0.148. The van der Waals surface area contributed by atoms with Gasteiger partial charge < -0.3 is 5.32 Å². The second-order valence-electron chi connectivity index (χ2n) is 6.40. The zero-order chi connectivity index (χ0) is 14.9. The van der Waals surface area contributed by atoms with Crippen molar-refractivity contribution in [3.05, 3.63) is 24.3 Å². The van der Waals surface area contributed by atoms with E-state index in [4.69, 9.17) is 0 Å². The fourth-order valence-electron chi connectivity index (χ4n) is 3.06. The van der Waals surface area contributed by atoms with Crippen LogP contribution in [0.2, 0.25) is 0 Å². The molecular formula is C16H24N2O2S. The van der Waals surface area contributed by atoms with Crippen molar-refractivity contribution in [3.8, 4) is 0 Å². The second kappa shape index (κ2) is 5.97. The Morgan fingerprint density at radius 2 is 1.67 bits per heavy atom. The molecule has 0 radical (unpaired) electrons. The van der Waals surface area contributed by atoms with Crippen LogP contribution in [0, 0.1) is 5.92 Å². The third kappa shape index (κ3) is 3.77. The number of rotatable bonds is 6. The Kier molecular flexibility index (Phi) is 4.22. The predicted octanol–water partition coefficient (Wildman–Crippen LogP) is 3.12. The lowest BCUT2D eigenvalue weighted by atomic mass is 9.99. The van der Waals surface area contributed by atoms with Crippen molar-refractivity contribution >= 4 is 15.7 Å². The summed E-state index contributed by atoms with van der Waals surface area (Å²) in [4.78, 5) is 0.355. The smallest absolute Gasteiger partial charge is 0.240 e. The van der Waals surface area contributed by atoms with Gasteiger partial charge in [-0.2, -0.15) is 0 Å². The van der Waals surface area contributed by atoms with Gasteiger partial charge in [0, 0.05) is 17.8 Å². The molecule has 5 heteroatoms. The van der Waals surface area contributed by atoms with Gasteiger partial charge >= 0.3 is 0 Å². The number of sulfonamides is 1. The van der Waals surface area contributed by atoms with E-state index in [9.17, 15) is 8.42 Å². The quantitative estimate of drug-likeness (QED) is 0.849. The fourth-order valence-corrected chi connectivity index (χ4v) is 4.36. The minimum atomic E-state index is -3.34. The lowest BCUT2D eigenvalue weighted by Gasteiger charge is -2.21. The first-order valence-electron chi connectivity index (χ1n) is 7.93. The summed E-state index contributed by atoms with van der Waals surface area (Å²) in [7, 11) is -3.34. The number of nitrogens with one attached hydrogen (secondary N) is 2. The summed E-state index contributed by atoms with van der Waals surface area (Å²) < 4.78 is 26.9. The summed E-state index contributed by atoms with van der Waals surface area (Å²) >= 11 is 0. The summed E-state index contributed by atoms with van der Waals surface area (Å²) in [6.07, 6.45) is 7.18. The van der Waals surface area contributed by atoms with Gasteiger partial charge in [0.05, 0.1) is 4.90 Å². The predicted molar refractivity (Wildman–Crippen MR) is 84.8 cm³/mol. The van der Waals surface area contributed by atoms with Crippen molar-refractivity contribution in [2.45, 2.75) is 62.4 Å². The van der Waals surface area contributed by atoms with E-state index in [0.29, 0.717) is 10.9 Å². The van der Waals surface area contributed by atoms with Crippen LogP contribution in [-0.4, -0.2) is 20.5 Å². The molecule has 0 bridgehead atoms. The first-order valence-corrected chi connectivity index (χ1v) is 9.42. The van der Waals surface area contributed by atoms with Crippen LogP contribution in [0.4, 0.5) is 5.69 Å². The molecule has 4 nitrogen and oxygen atoms in total. The summed E-state index contributed by atoms with van der Waals surface area (Å²) in [6.45, 7) is 2.22. The van der Waals surface area contributed by atoms with Gasteiger partial charge in [-0.15, -0.1) is 0 Å². The topological polar surface area (TPSA) is 58.2 Å². The molecule has 0 heterocycles. The van der Waals surface area contributed by atoms with Crippen molar-refractivity contribution in [1.29, 1.82) is 0 Å². The van der Waals surface area contributed by atoms with Crippen LogP contribution in [-0.2, 0) is 10.0 Å². The van der Waals surface area contributed by atoms with Crippen LogP contribution < -0.4 is 10.0 Å². The first kappa shape index (κ1) is 14.9. The summed E-state index contributed by atoms with van der Waals surface area (Å²) in [6, 6.07) is 7.71. The average Bonchev–Trinajstić information content (AvgIpc) is 3.08. The largest absolute Gasteiger partial charge is 0.382 e. The van der Waals surface area contributed by atoms with Crippen LogP contribution in [0.15, 0.2) is 29.2 Å². The molecule has 1 unspecified atom stereocenters. The molecule has 2 N–H and O–H groups in total. The van der Waals surface area contributed by atoms with Crippen LogP contribution in [0.5, 0.6) is 0 Å². The van der Waals surface area contributed by atoms with E-state index in [1.54, 1.807) is 12.1 Å². The second-order valence-corrected chi connectivity index (χ2v) is 8.11. The Balaban J connectivity index is 1.63. The molecule has 2 aliphatic carbocycles. The third-order valence-corrected chi connectivity index (χ3v) is 6.10. The molecule has 1 atom stereocenters. The molecule has 2 saturated carbocycles. The Labute approximate surface area is 127 Å². The van der Waals surface area contributed by atoms with E-state index in [1.807, 2.05) is 12.1 Å². The molecule has 3 rings (SSSR count). The molecular weight excluding hydrogens is 284 g/mol. The average molecular weight is 308 g/mol. The standard InChI is InChI=1S/C16H24N2O2S/c1-12(13-4-2-3-5-13)17-14-8-10-16(11-9-14)21(19,20)18-15-6-7-15/h8-13,15,17-18H,2-7H2,1H3. The van der Waals surface area contributed by atoms with E-state index in [1.165, 1.54) is 25.7 Å². The van der Waals surface area contributed by atoms with Crippen molar-refractivity contribution in [2.75, 3.05) is 5.32 Å². The van der Waals surface area contributed by atoms with Gasteiger partial charge in [0.2, 0.25) is 10.0 Å². The van der Waals surface area contributed by atoms with Gasteiger partial charge in [-0.3, -0.25) is 0 Å². The summed E-state index contributed by atoms with van der Waals surface area (Å²) in [5.74, 6) is 0.741. The van der Waals surface area contributed by atoms with Crippen molar-refractivity contribution in [3.63, 3.8) is 0 Å². The number of hydrogen-bond acceptors (Lipinski definition) is 3. The van der Waals surface area contributed by atoms with Crippen LogP contribution in [0.25, 0.3) is 0 Å². The molecule has 0 amide bonds. The van der Waals surface area contributed by atoms with Crippen LogP contribution in [0.3, 0.4) is 0 Å². The van der Waals surface area contributed by atoms with E-state index in [-0.39, 0.29) is 6.04 Å². The molecule has 0 aromatic heterocycles. The zero-order valence-electron chi connectivity index (χ0n) is 12.5. The molecule has 1 aromatic carbocycles. The Morgan fingerprint density at radius 1 is 1.05 bits per heavy atom. The van der Waals surface area contributed by atoms with E-state index >= 15 is 0 Å². The van der Waals surface area contributed by atoms with Gasteiger partial charge in [0.1, 0.15) is 0 Å². The monoisotopic (exact) mass is 308 g/mol. The van der Waals surface area contributed by atoms with E-state index in [2.05, 4.69) is 17.0 Å². The molecule has 1 aromatic rings. The van der Waals surface area contributed by atoms with E-state index < -0.39 is 10.0 Å². The van der Waals surface area contributed by atoms with Gasteiger partial charge in [-0.05, 0) is 62.8 Å². The molecule has 2 fully saturated rings. The molecule has 0 aliphatic heterocycles. The first-order chi connectivity index (χ1) is 10.0. The maximum Gasteiger partial charge on any atom is 0.240 e. The highest BCUT2D eigenvalue weighted by Crippen LogP contribution is 2.29. The lowest BCUT2D eigenvalue weighted by Crippen LogP contribution is -2.26. The number of benzene rings is 1. The summed E-state index contributed by atoms with van der Waals surface area (Å²) in [5, 5.41) is 3.50. The minimum Gasteiger partial charge on any atom is -0.382 e. The van der Waals surface area contributed by atoms with Gasteiger partial charge in [0.25, 0.3) is 0 Å². The Morgan fingerprint density at radius 3 is 2.24 bits per heavy atom. The van der Waals surface area contributed by atoms with Crippen LogP contribution in [0.1, 0.15) is 45.4 Å². The highest BCUT2D eigenvalue weighted by molar-refractivity contribution is 7.89. The highest BCUT2D eigenvalue weighted by atomic mass is 32.2. The van der Waals surface area contributed by atoms with Crippen LogP contribution >= 0.6 is 0 Å². The molecule has 0 saturated heterocycles. The van der Waals surface area contributed by atoms with Gasteiger partial charge in [-0.1, -0.05) is 12.8 Å². The number of hydrogen-bond donors (Lipinski definition) is 2. The zero-order valence-corrected chi connectivity index (χ0v) is 13.3. The number of anilines is 1. The third-order valence-electron chi connectivity index (χ3n) is 4.57. The molecule has 21 heavy (non-hydrogen) atoms. The Hall–Kier alpha value is -1.07. The SMILES string of the molecule is CC(Nc1ccc(S(=O)(=O)NC2CC2)cc1)C1CCCC1. The fraction of sp³-hybridized carbons (Fsp3) is 0.625. The van der Waals surface area contributed by atoms with Crippen molar-refractivity contribution < 1.29 is 8.42 Å². The maximum atomic E-state index is 12.1. The molecule has 0 spiro atoms. The maximum absolute atomic E-state index is 12.1. The highest BCUT2D eigenvalue weighted by Gasteiger charge is 2.28. The Bertz CT molecular complexity index is 573. The van der Waals surface area contributed by atoms with E-state index in [0.717, 1.165) is 24.4 Å². The van der Waals surface area contributed by atoms with Crippen molar-refractivity contribution in [1.82, 2.24) is 4.72 Å². The normalized spacial score (nSPS) is 21.4. The lowest BCUT2D eigenvalue weighted by molar-refractivity contribution is 0.482. The van der Waals surface area contributed by atoms with Crippen molar-refractivity contribution in [2.24, 2.45) is 5.92 Å². The van der Waals surface area contributed by atoms with Gasteiger partial charge in [0.15, 0.2) is 0 Å². The molecule has 2 aliphatic rings. The molecule has 116 valence electrons. The summed E-state index contributed by atoms with van der Waals surface area (Å²) in [5.41, 5.74) is 1.000. The van der Waals surface area contributed by atoms with Gasteiger partial charge in [-0.25, -0.2) is 13.1 Å².